The van der Waals surface area contributed by atoms with Crippen molar-refractivity contribution in [1.29, 1.82) is 0 Å². The van der Waals surface area contributed by atoms with Crippen LogP contribution >= 0.6 is 0 Å². The first kappa shape index (κ1) is 18.5. The number of amides is 1. The van der Waals surface area contributed by atoms with Gasteiger partial charge in [0.2, 0.25) is 0 Å². The van der Waals surface area contributed by atoms with E-state index in [4.69, 9.17) is 4.74 Å². The molecule has 140 valence electrons. The van der Waals surface area contributed by atoms with E-state index in [1.165, 1.54) is 0 Å². The second-order valence-electron chi connectivity index (χ2n) is 6.78. The fourth-order valence-corrected chi connectivity index (χ4v) is 3.29. The molecular weight excluding hydrogens is 330 g/mol. The molecule has 2 heterocycles. The molecule has 1 aliphatic heterocycles. The molecule has 1 aromatic heterocycles. The average Bonchev–Trinajstić information content (AvgIpc) is 2.67. The predicted octanol–water partition coefficient (Wildman–Crippen LogP) is 1.54. The third kappa shape index (κ3) is 3.94. The summed E-state index contributed by atoms with van der Waals surface area (Å²) in [5.74, 6) is 0.638. The van der Waals surface area contributed by atoms with Crippen LogP contribution in [0.4, 0.5) is 5.82 Å². The van der Waals surface area contributed by atoms with Crippen LogP contribution in [-0.2, 0) is 4.74 Å². The second-order valence-corrected chi connectivity index (χ2v) is 6.78. The standard InChI is InChI=1S/C19H27N5O2/c1-14(2)23-9-11-24(12-10-23)18-16-7-5-4-6-15(16)17(21-22-18)19(25)20-8-13-26-3/h4-7,14H,8-13H2,1-3H3,(H,20,25). The highest BCUT2D eigenvalue weighted by atomic mass is 16.5. The number of carbonyl (C=O) groups is 1. The molecule has 1 saturated heterocycles. The molecule has 1 N–H and O–H groups in total. The van der Waals surface area contributed by atoms with Gasteiger partial charge in [0.25, 0.3) is 5.91 Å². The minimum absolute atomic E-state index is 0.220. The summed E-state index contributed by atoms with van der Waals surface area (Å²) in [6.45, 7) is 9.20. The van der Waals surface area contributed by atoms with E-state index in [1.54, 1.807) is 7.11 Å². The van der Waals surface area contributed by atoms with E-state index in [0.717, 1.165) is 42.8 Å². The molecule has 1 aliphatic rings. The minimum atomic E-state index is -0.220. The molecule has 2 aromatic rings. The van der Waals surface area contributed by atoms with Gasteiger partial charge in [-0.25, -0.2) is 0 Å². The molecule has 0 aliphatic carbocycles. The zero-order valence-electron chi connectivity index (χ0n) is 15.7. The lowest BCUT2D eigenvalue weighted by Crippen LogP contribution is -2.49. The molecular formula is C19H27N5O2. The number of carbonyl (C=O) groups excluding carboxylic acids is 1. The maximum Gasteiger partial charge on any atom is 0.272 e. The van der Waals surface area contributed by atoms with Crippen molar-refractivity contribution >= 4 is 22.5 Å². The number of hydrogen-bond donors (Lipinski definition) is 1. The maximum absolute atomic E-state index is 12.4. The van der Waals surface area contributed by atoms with E-state index < -0.39 is 0 Å². The van der Waals surface area contributed by atoms with Crippen LogP contribution in [0.5, 0.6) is 0 Å². The number of rotatable bonds is 6. The zero-order chi connectivity index (χ0) is 18.5. The number of hydrogen-bond acceptors (Lipinski definition) is 6. The van der Waals surface area contributed by atoms with E-state index >= 15 is 0 Å². The number of benzene rings is 1. The Bertz CT molecular complexity index is 757. The fourth-order valence-electron chi connectivity index (χ4n) is 3.29. The van der Waals surface area contributed by atoms with Crippen LogP contribution in [0, 0.1) is 0 Å². The van der Waals surface area contributed by atoms with Gasteiger partial charge in [0.15, 0.2) is 11.5 Å². The van der Waals surface area contributed by atoms with Gasteiger partial charge in [0, 0.05) is 56.6 Å². The van der Waals surface area contributed by atoms with Crippen LogP contribution in [-0.4, -0.2) is 73.5 Å². The number of methoxy groups -OCH3 is 1. The van der Waals surface area contributed by atoms with Crippen molar-refractivity contribution in [2.24, 2.45) is 0 Å². The van der Waals surface area contributed by atoms with E-state index in [-0.39, 0.29) is 5.91 Å². The first-order chi connectivity index (χ1) is 12.6. The third-order valence-corrected chi connectivity index (χ3v) is 4.82. The zero-order valence-corrected chi connectivity index (χ0v) is 15.7. The lowest BCUT2D eigenvalue weighted by atomic mass is 10.1. The minimum Gasteiger partial charge on any atom is -0.383 e. The molecule has 1 fully saturated rings. The van der Waals surface area contributed by atoms with Gasteiger partial charge < -0.3 is 15.0 Å². The number of anilines is 1. The average molecular weight is 357 g/mol. The first-order valence-corrected chi connectivity index (χ1v) is 9.13. The Morgan fingerprint density at radius 1 is 1.15 bits per heavy atom. The molecule has 0 radical (unpaired) electrons. The number of ether oxygens (including phenoxy) is 1. The second kappa shape index (κ2) is 8.42. The number of fused-ring (bicyclic) bond motifs is 1. The Hall–Kier alpha value is -2.25. The topological polar surface area (TPSA) is 70.6 Å². The highest BCUT2D eigenvalue weighted by Crippen LogP contribution is 2.26. The Morgan fingerprint density at radius 3 is 2.50 bits per heavy atom. The van der Waals surface area contributed by atoms with Crippen LogP contribution < -0.4 is 10.2 Å². The van der Waals surface area contributed by atoms with Gasteiger partial charge in [-0.15, -0.1) is 10.2 Å². The van der Waals surface area contributed by atoms with Crippen LogP contribution in [0.2, 0.25) is 0 Å². The number of aromatic nitrogens is 2. The quantitative estimate of drug-likeness (QED) is 0.791. The van der Waals surface area contributed by atoms with E-state index in [9.17, 15) is 4.79 Å². The van der Waals surface area contributed by atoms with Gasteiger partial charge in [-0.3, -0.25) is 9.69 Å². The Kier molecular flexibility index (Phi) is 6.00. The monoisotopic (exact) mass is 357 g/mol. The van der Waals surface area contributed by atoms with Crippen molar-refractivity contribution in [2.45, 2.75) is 19.9 Å². The van der Waals surface area contributed by atoms with Crippen molar-refractivity contribution in [3.8, 4) is 0 Å². The van der Waals surface area contributed by atoms with Crippen LogP contribution in [0.3, 0.4) is 0 Å². The molecule has 0 atom stereocenters. The predicted molar refractivity (Wildman–Crippen MR) is 103 cm³/mol. The molecule has 1 aromatic carbocycles. The van der Waals surface area contributed by atoms with Gasteiger partial charge in [-0.2, -0.15) is 0 Å². The van der Waals surface area contributed by atoms with Gasteiger partial charge >= 0.3 is 0 Å². The summed E-state index contributed by atoms with van der Waals surface area (Å²) in [4.78, 5) is 17.2. The highest BCUT2D eigenvalue weighted by molar-refractivity contribution is 6.07. The number of nitrogens with one attached hydrogen (secondary N) is 1. The van der Waals surface area contributed by atoms with Crippen LogP contribution in [0.1, 0.15) is 24.3 Å². The largest absolute Gasteiger partial charge is 0.383 e. The molecule has 7 heteroatoms. The van der Waals surface area contributed by atoms with Crippen molar-refractivity contribution in [2.75, 3.05) is 51.3 Å². The molecule has 1 amide bonds. The van der Waals surface area contributed by atoms with Crippen molar-refractivity contribution in [3.05, 3.63) is 30.0 Å². The number of piperazine rings is 1. The van der Waals surface area contributed by atoms with Gasteiger partial charge in [-0.1, -0.05) is 24.3 Å². The van der Waals surface area contributed by atoms with Gasteiger partial charge in [0.05, 0.1) is 6.61 Å². The maximum atomic E-state index is 12.4. The van der Waals surface area contributed by atoms with Crippen molar-refractivity contribution in [1.82, 2.24) is 20.4 Å². The molecule has 26 heavy (non-hydrogen) atoms. The van der Waals surface area contributed by atoms with Crippen molar-refractivity contribution < 1.29 is 9.53 Å². The fraction of sp³-hybridized carbons (Fsp3) is 0.526. The lowest BCUT2D eigenvalue weighted by molar-refractivity contribution is 0.0933. The van der Waals surface area contributed by atoms with E-state index in [2.05, 4.69) is 39.2 Å². The molecule has 0 saturated carbocycles. The molecule has 0 unspecified atom stereocenters. The normalized spacial score (nSPS) is 15.6. The Morgan fingerprint density at radius 2 is 1.85 bits per heavy atom. The first-order valence-electron chi connectivity index (χ1n) is 9.13. The molecule has 3 rings (SSSR count). The lowest BCUT2D eigenvalue weighted by Gasteiger charge is -2.37. The SMILES string of the molecule is COCCNC(=O)c1nnc(N2CCN(C(C)C)CC2)c2ccccc12. The Labute approximate surface area is 154 Å². The summed E-state index contributed by atoms with van der Waals surface area (Å²) in [5, 5.41) is 13.3. The number of nitrogens with zero attached hydrogens (tertiary/aromatic N) is 4. The summed E-state index contributed by atoms with van der Waals surface area (Å²) in [6.07, 6.45) is 0. The summed E-state index contributed by atoms with van der Waals surface area (Å²) in [7, 11) is 1.61. The van der Waals surface area contributed by atoms with Crippen molar-refractivity contribution in [3.63, 3.8) is 0 Å². The highest BCUT2D eigenvalue weighted by Gasteiger charge is 2.23. The molecule has 0 bridgehead atoms. The van der Waals surface area contributed by atoms with Crippen LogP contribution in [0.15, 0.2) is 24.3 Å². The Balaban J connectivity index is 1.85. The van der Waals surface area contributed by atoms with Crippen LogP contribution in [0.25, 0.3) is 10.8 Å². The van der Waals surface area contributed by atoms with Gasteiger partial charge in [0.1, 0.15) is 0 Å². The summed E-state index contributed by atoms with van der Waals surface area (Å²) in [6, 6.07) is 8.41. The smallest absolute Gasteiger partial charge is 0.272 e. The molecule has 7 nitrogen and oxygen atoms in total. The molecule has 0 spiro atoms. The summed E-state index contributed by atoms with van der Waals surface area (Å²) < 4.78 is 4.98. The van der Waals surface area contributed by atoms with E-state index in [1.807, 2.05) is 24.3 Å². The third-order valence-electron chi connectivity index (χ3n) is 4.82. The summed E-state index contributed by atoms with van der Waals surface area (Å²) >= 11 is 0. The van der Waals surface area contributed by atoms with E-state index in [0.29, 0.717) is 24.9 Å². The van der Waals surface area contributed by atoms with Gasteiger partial charge in [-0.05, 0) is 13.8 Å². The summed E-state index contributed by atoms with van der Waals surface area (Å²) in [5.41, 5.74) is 0.362.